The van der Waals surface area contributed by atoms with Crippen molar-refractivity contribution >= 4 is 5.82 Å². The minimum atomic E-state index is 0.637. The zero-order chi connectivity index (χ0) is 14.0. The molecule has 2 rings (SSSR count). The van der Waals surface area contributed by atoms with Crippen molar-refractivity contribution in [3.05, 3.63) is 17.5 Å². The Morgan fingerprint density at radius 3 is 2.68 bits per heavy atom. The van der Waals surface area contributed by atoms with Crippen LogP contribution in [0.25, 0.3) is 11.4 Å². The Balaban J connectivity index is 2.58. The summed E-state index contributed by atoms with van der Waals surface area (Å²) >= 11 is 0. The molecular formula is C13H19N5O. The number of ether oxygens (including phenoxy) is 1. The summed E-state index contributed by atoms with van der Waals surface area (Å²) in [6.07, 6.45) is 0. The van der Waals surface area contributed by atoms with Crippen LogP contribution in [0.15, 0.2) is 6.07 Å². The van der Waals surface area contributed by atoms with Gasteiger partial charge in [-0.2, -0.15) is 5.10 Å². The van der Waals surface area contributed by atoms with Crippen LogP contribution < -0.4 is 10.1 Å². The van der Waals surface area contributed by atoms with Crippen molar-refractivity contribution in [1.29, 1.82) is 0 Å². The lowest BCUT2D eigenvalue weighted by Gasteiger charge is -2.08. The number of anilines is 1. The Labute approximate surface area is 112 Å². The van der Waals surface area contributed by atoms with E-state index in [0.29, 0.717) is 11.7 Å². The molecule has 0 spiro atoms. The molecule has 0 fully saturated rings. The van der Waals surface area contributed by atoms with Gasteiger partial charge in [-0.25, -0.2) is 14.6 Å². The highest BCUT2D eigenvalue weighted by molar-refractivity contribution is 5.66. The van der Waals surface area contributed by atoms with E-state index in [-0.39, 0.29) is 0 Å². The van der Waals surface area contributed by atoms with Crippen LogP contribution in [0.2, 0.25) is 0 Å². The van der Waals surface area contributed by atoms with Crippen molar-refractivity contribution in [1.82, 2.24) is 19.7 Å². The number of nitrogens with zero attached hydrogens (tertiary/aromatic N) is 4. The number of nitrogens with one attached hydrogen (secondary N) is 1. The van der Waals surface area contributed by atoms with E-state index in [1.165, 1.54) is 0 Å². The van der Waals surface area contributed by atoms with Crippen molar-refractivity contribution in [3.8, 4) is 17.3 Å². The lowest BCUT2D eigenvalue weighted by Crippen LogP contribution is -2.03. The molecule has 6 heteroatoms. The summed E-state index contributed by atoms with van der Waals surface area (Å²) in [6, 6.07) is 1.92. The number of aromatic nitrogens is 4. The predicted octanol–water partition coefficient (Wildman–Crippen LogP) is 1.93. The molecule has 0 unspecified atom stereocenters. The van der Waals surface area contributed by atoms with Crippen LogP contribution >= 0.6 is 0 Å². The molecule has 2 heterocycles. The third-order valence-corrected chi connectivity index (χ3v) is 2.80. The summed E-state index contributed by atoms with van der Waals surface area (Å²) < 4.78 is 7.09. The fourth-order valence-corrected chi connectivity index (χ4v) is 2.08. The second-order valence-corrected chi connectivity index (χ2v) is 4.34. The van der Waals surface area contributed by atoms with E-state index >= 15 is 0 Å². The number of rotatable bonds is 4. The van der Waals surface area contributed by atoms with Crippen molar-refractivity contribution < 1.29 is 4.74 Å². The SMILES string of the molecule is CCNc1cc(C)nc(-c2c(C)nn(C)c2OC)n1. The summed E-state index contributed by atoms with van der Waals surface area (Å²) in [5.74, 6) is 2.12. The third kappa shape index (κ3) is 2.52. The maximum absolute atomic E-state index is 5.39. The Hall–Kier alpha value is -2.11. The molecule has 102 valence electrons. The minimum Gasteiger partial charge on any atom is -0.481 e. The third-order valence-electron chi connectivity index (χ3n) is 2.80. The normalized spacial score (nSPS) is 10.6. The van der Waals surface area contributed by atoms with Gasteiger partial charge in [0.25, 0.3) is 0 Å². The van der Waals surface area contributed by atoms with Crippen LogP contribution in [-0.4, -0.2) is 33.4 Å². The summed E-state index contributed by atoms with van der Waals surface area (Å²) in [6.45, 7) is 6.73. The Bertz CT molecular complexity index is 591. The van der Waals surface area contributed by atoms with Gasteiger partial charge in [0.05, 0.1) is 12.8 Å². The summed E-state index contributed by atoms with van der Waals surface area (Å²) in [5, 5.41) is 7.56. The maximum Gasteiger partial charge on any atom is 0.222 e. The average molecular weight is 261 g/mol. The number of aryl methyl sites for hydroxylation is 3. The molecule has 19 heavy (non-hydrogen) atoms. The highest BCUT2D eigenvalue weighted by Crippen LogP contribution is 2.30. The van der Waals surface area contributed by atoms with Crippen LogP contribution in [0.5, 0.6) is 5.88 Å². The smallest absolute Gasteiger partial charge is 0.222 e. The lowest BCUT2D eigenvalue weighted by atomic mass is 10.2. The number of hydrogen-bond acceptors (Lipinski definition) is 5. The average Bonchev–Trinajstić information content (AvgIpc) is 2.63. The van der Waals surface area contributed by atoms with Gasteiger partial charge in [0.1, 0.15) is 11.4 Å². The van der Waals surface area contributed by atoms with Gasteiger partial charge in [0.2, 0.25) is 5.88 Å². The first kappa shape index (κ1) is 13.3. The molecule has 0 aliphatic heterocycles. The van der Waals surface area contributed by atoms with Crippen molar-refractivity contribution in [2.75, 3.05) is 19.0 Å². The van der Waals surface area contributed by atoms with Gasteiger partial charge in [-0.15, -0.1) is 0 Å². The van der Waals surface area contributed by atoms with Gasteiger partial charge < -0.3 is 10.1 Å². The molecule has 0 amide bonds. The van der Waals surface area contributed by atoms with Gasteiger partial charge in [-0.05, 0) is 20.8 Å². The summed E-state index contributed by atoms with van der Waals surface area (Å²) in [4.78, 5) is 9.01. The number of methoxy groups -OCH3 is 1. The van der Waals surface area contributed by atoms with Crippen LogP contribution in [-0.2, 0) is 7.05 Å². The highest BCUT2D eigenvalue weighted by atomic mass is 16.5. The Morgan fingerprint density at radius 1 is 1.32 bits per heavy atom. The van der Waals surface area contributed by atoms with Gasteiger partial charge in [-0.3, -0.25) is 0 Å². The minimum absolute atomic E-state index is 0.637. The molecule has 0 aliphatic carbocycles. The van der Waals surface area contributed by atoms with Crippen LogP contribution in [0, 0.1) is 13.8 Å². The molecular weight excluding hydrogens is 242 g/mol. The summed E-state index contributed by atoms with van der Waals surface area (Å²) in [7, 11) is 3.47. The van der Waals surface area contributed by atoms with Gasteiger partial charge in [0.15, 0.2) is 5.82 Å². The van der Waals surface area contributed by atoms with E-state index < -0.39 is 0 Å². The molecule has 2 aromatic rings. The topological polar surface area (TPSA) is 64.9 Å². The van der Waals surface area contributed by atoms with E-state index in [2.05, 4.69) is 20.4 Å². The Kier molecular flexibility index (Phi) is 3.69. The van der Waals surface area contributed by atoms with Crippen molar-refractivity contribution in [3.63, 3.8) is 0 Å². The monoisotopic (exact) mass is 261 g/mol. The van der Waals surface area contributed by atoms with E-state index in [0.717, 1.165) is 29.3 Å². The fourth-order valence-electron chi connectivity index (χ4n) is 2.08. The quantitative estimate of drug-likeness (QED) is 0.911. The van der Waals surface area contributed by atoms with Crippen LogP contribution in [0.1, 0.15) is 18.3 Å². The van der Waals surface area contributed by atoms with Crippen LogP contribution in [0.3, 0.4) is 0 Å². The fraction of sp³-hybridized carbons (Fsp3) is 0.462. The molecule has 0 atom stereocenters. The van der Waals surface area contributed by atoms with Gasteiger partial charge in [-0.1, -0.05) is 0 Å². The van der Waals surface area contributed by atoms with Gasteiger partial charge >= 0.3 is 0 Å². The first-order valence-electron chi connectivity index (χ1n) is 6.24. The highest BCUT2D eigenvalue weighted by Gasteiger charge is 2.19. The van der Waals surface area contributed by atoms with Gasteiger partial charge in [0, 0.05) is 25.4 Å². The molecule has 1 N–H and O–H groups in total. The van der Waals surface area contributed by atoms with Crippen molar-refractivity contribution in [2.24, 2.45) is 7.05 Å². The van der Waals surface area contributed by atoms with Crippen LogP contribution in [0.4, 0.5) is 5.82 Å². The molecule has 0 aliphatic rings. The predicted molar refractivity (Wildman–Crippen MR) is 74.4 cm³/mol. The standard InChI is InChI=1S/C13H19N5O/c1-6-14-10-7-8(2)15-12(16-10)11-9(3)17-18(4)13(11)19-5/h7H,6H2,1-5H3,(H,14,15,16). The second kappa shape index (κ2) is 5.26. The molecule has 0 bridgehead atoms. The summed E-state index contributed by atoms with van der Waals surface area (Å²) in [5.41, 5.74) is 2.60. The Morgan fingerprint density at radius 2 is 2.05 bits per heavy atom. The molecule has 0 saturated heterocycles. The zero-order valence-electron chi connectivity index (χ0n) is 12.0. The van der Waals surface area contributed by atoms with E-state index in [9.17, 15) is 0 Å². The van der Waals surface area contributed by atoms with Crippen molar-refractivity contribution in [2.45, 2.75) is 20.8 Å². The molecule has 0 saturated carbocycles. The molecule has 0 aromatic carbocycles. The molecule has 2 aromatic heterocycles. The molecule has 0 radical (unpaired) electrons. The zero-order valence-corrected chi connectivity index (χ0v) is 12.0. The van der Waals surface area contributed by atoms with E-state index in [1.807, 2.05) is 33.9 Å². The maximum atomic E-state index is 5.39. The first-order valence-corrected chi connectivity index (χ1v) is 6.24. The number of hydrogen-bond donors (Lipinski definition) is 1. The first-order chi connectivity index (χ1) is 9.06. The van der Waals surface area contributed by atoms with E-state index in [1.54, 1.807) is 11.8 Å². The second-order valence-electron chi connectivity index (χ2n) is 4.34. The molecule has 6 nitrogen and oxygen atoms in total. The lowest BCUT2D eigenvalue weighted by molar-refractivity contribution is 0.374. The van der Waals surface area contributed by atoms with E-state index in [4.69, 9.17) is 4.74 Å². The largest absolute Gasteiger partial charge is 0.481 e.